The van der Waals surface area contributed by atoms with Crippen molar-refractivity contribution in [3.63, 3.8) is 0 Å². The molecule has 0 aliphatic carbocycles. The fourth-order valence-electron chi connectivity index (χ4n) is 3.89. The van der Waals surface area contributed by atoms with Crippen LogP contribution < -0.4 is 4.90 Å². The van der Waals surface area contributed by atoms with Crippen molar-refractivity contribution in [3.8, 4) is 0 Å². The van der Waals surface area contributed by atoms with E-state index >= 15 is 0 Å². The van der Waals surface area contributed by atoms with E-state index in [0.717, 1.165) is 11.3 Å². The maximum absolute atomic E-state index is 12.9. The zero-order valence-corrected chi connectivity index (χ0v) is 20.2. The van der Waals surface area contributed by atoms with Gasteiger partial charge in [0.05, 0.1) is 12.3 Å². The highest BCUT2D eigenvalue weighted by atomic mass is 16.5. The van der Waals surface area contributed by atoms with Crippen LogP contribution in [0.5, 0.6) is 0 Å². The highest BCUT2D eigenvalue weighted by Crippen LogP contribution is 2.23. The monoisotopic (exact) mass is 457 g/mol. The van der Waals surface area contributed by atoms with Gasteiger partial charge in [-0.3, -0.25) is 14.4 Å². The fraction of sp³-hybridized carbons (Fsp3) is 0.276. The Bertz CT molecular complexity index is 1160. The summed E-state index contributed by atoms with van der Waals surface area (Å²) in [6.07, 6.45) is -0.484. The van der Waals surface area contributed by atoms with Crippen LogP contribution in [0, 0.1) is 6.92 Å². The molecule has 0 aromatic heterocycles. The Morgan fingerprint density at radius 2 is 1.50 bits per heavy atom. The molecule has 3 rings (SSSR count). The number of hydrogen-bond donors (Lipinski definition) is 0. The number of hydrogen-bond acceptors (Lipinski definition) is 4. The fourth-order valence-corrected chi connectivity index (χ4v) is 3.89. The lowest BCUT2D eigenvalue weighted by molar-refractivity contribution is -0.150. The highest BCUT2D eigenvalue weighted by molar-refractivity contribution is 6.09. The summed E-state index contributed by atoms with van der Waals surface area (Å²) in [5, 5.41) is 0. The lowest BCUT2D eigenvalue weighted by Crippen LogP contribution is -2.34. The van der Waals surface area contributed by atoms with Gasteiger partial charge in [0.2, 0.25) is 5.91 Å². The van der Waals surface area contributed by atoms with E-state index < -0.39 is 18.0 Å². The van der Waals surface area contributed by atoms with E-state index in [4.69, 9.17) is 4.74 Å². The van der Waals surface area contributed by atoms with Crippen LogP contribution in [0.2, 0.25) is 0 Å². The lowest BCUT2D eigenvalue weighted by atomic mass is 9.96. The summed E-state index contributed by atoms with van der Waals surface area (Å²) in [6, 6.07) is 23.8. The largest absolute Gasteiger partial charge is 0.462 e. The predicted molar refractivity (Wildman–Crippen MR) is 134 cm³/mol. The average Bonchev–Trinajstić information content (AvgIpc) is 2.85. The maximum atomic E-state index is 12.9. The minimum absolute atomic E-state index is 0.0904. The van der Waals surface area contributed by atoms with E-state index in [1.165, 1.54) is 0 Å². The predicted octanol–water partition coefficient (Wildman–Crippen LogP) is 5.70. The first-order valence-corrected chi connectivity index (χ1v) is 11.6. The number of carbonyl (C=O) groups excluding carboxylic acids is 3. The topological polar surface area (TPSA) is 63.7 Å². The maximum Gasteiger partial charge on any atom is 0.313 e. The molecule has 0 fully saturated rings. The summed E-state index contributed by atoms with van der Waals surface area (Å²) in [7, 11) is 0. The minimum Gasteiger partial charge on any atom is -0.462 e. The first-order valence-electron chi connectivity index (χ1n) is 11.6. The Labute approximate surface area is 201 Å². The molecule has 3 aromatic rings. The first-order chi connectivity index (χ1) is 16.3. The van der Waals surface area contributed by atoms with Gasteiger partial charge in [0.25, 0.3) is 0 Å². The number of anilines is 1. The number of amides is 1. The molecule has 0 bridgehead atoms. The molecule has 0 aliphatic rings. The standard InChI is InChI=1S/C29H31NO4/c1-5-30(26-17-10-9-12-20(26)2)27(31)18-21(3)34-29(33)22(4)24-15-11-16-25(19-24)28(32)23-13-7-6-8-14-23/h6-17,19,21-22H,5,18H2,1-4H3. The van der Waals surface area contributed by atoms with Crippen LogP contribution >= 0.6 is 0 Å². The molecule has 1 amide bonds. The van der Waals surface area contributed by atoms with E-state index in [2.05, 4.69) is 0 Å². The van der Waals surface area contributed by atoms with Gasteiger partial charge in [0.15, 0.2) is 5.78 Å². The number of rotatable bonds is 9. The molecule has 2 unspecified atom stereocenters. The Hall–Kier alpha value is -3.73. The minimum atomic E-state index is -0.574. The van der Waals surface area contributed by atoms with Gasteiger partial charge >= 0.3 is 5.97 Å². The van der Waals surface area contributed by atoms with Crippen LogP contribution in [0.3, 0.4) is 0 Å². The van der Waals surface area contributed by atoms with Crippen LogP contribution in [0.4, 0.5) is 5.69 Å². The number of ketones is 1. The Morgan fingerprint density at radius 3 is 2.18 bits per heavy atom. The van der Waals surface area contributed by atoms with Crippen LogP contribution in [-0.2, 0) is 14.3 Å². The third kappa shape index (κ3) is 5.98. The molecule has 176 valence electrons. The molecule has 0 saturated carbocycles. The zero-order chi connectivity index (χ0) is 24.7. The molecular formula is C29H31NO4. The summed E-state index contributed by atoms with van der Waals surface area (Å²) >= 11 is 0. The van der Waals surface area contributed by atoms with Crippen molar-refractivity contribution >= 4 is 23.3 Å². The summed E-state index contributed by atoms with van der Waals surface area (Å²) in [5.41, 5.74) is 3.68. The van der Waals surface area contributed by atoms with Gasteiger partial charge in [0, 0.05) is 23.4 Å². The smallest absolute Gasteiger partial charge is 0.313 e. The van der Waals surface area contributed by atoms with Gasteiger partial charge in [-0.25, -0.2) is 0 Å². The summed E-state index contributed by atoms with van der Waals surface area (Å²) < 4.78 is 5.61. The normalized spacial score (nSPS) is 12.5. The molecule has 0 N–H and O–H groups in total. The number of benzene rings is 3. The van der Waals surface area contributed by atoms with Crippen LogP contribution in [0.1, 0.15) is 60.2 Å². The number of para-hydroxylation sites is 1. The molecule has 0 saturated heterocycles. The van der Waals surface area contributed by atoms with Crippen LogP contribution in [0.15, 0.2) is 78.9 Å². The molecule has 0 aliphatic heterocycles. The van der Waals surface area contributed by atoms with Crippen molar-refractivity contribution in [2.45, 2.75) is 46.1 Å². The Morgan fingerprint density at radius 1 is 0.853 bits per heavy atom. The van der Waals surface area contributed by atoms with E-state index in [1.807, 2.05) is 56.3 Å². The second kappa shape index (κ2) is 11.4. The number of esters is 1. The van der Waals surface area contributed by atoms with Gasteiger partial charge in [-0.05, 0) is 51.0 Å². The van der Waals surface area contributed by atoms with Crippen molar-refractivity contribution in [1.29, 1.82) is 0 Å². The second-order valence-corrected chi connectivity index (χ2v) is 8.42. The number of nitrogens with zero attached hydrogens (tertiary/aromatic N) is 1. The molecular weight excluding hydrogens is 426 g/mol. The molecule has 5 heteroatoms. The summed E-state index contributed by atoms with van der Waals surface area (Å²) in [4.78, 5) is 40.2. The number of aryl methyl sites for hydroxylation is 1. The molecule has 0 radical (unpaired) electrons. The van der Waals surface area contributed by atoms with Gasteiger partial charge < -0.3 is 9.64 Å². The summed E-state index contributed by atoms with van der Waals surface area (Å²) in [5.74, 6) is -1.19. The first kappa shape index (κ1) is 24.9. The SMILES string of the molecule is CCN(C(=O)CC(C)OC(=O)C(C)c1cccc(C(=O)c2ccccc2)c1)c1ccccc1C. The molecule has 2 atom stereocenters. The molecule has 0 heterocycles. The molecule has 3 aromatic carbocycles. The van der Waals surface area contributed by atoms with Crippen molar-refractivity contribution in [1.82, 2.24) is 0 Å². The van der Waals surface area contributed by atoms with Gasteiger partial charge in [-0.2, -0.15) is 0 Å². The average molecular weight is 458 g/mol. The third-order valence-electron chi connectivity index (χ3n) is 5.84. The van der Waals surface area contributed by atoms with E-state index in [9.17, 15) is 14.4 Å². The van der Waals surface area contributed by atoms with Crippen molar-refractivity contribution in [3.05, 3.63) is 101 Å². The van der Waals surface area contributed by atoms with E-state index in [0.29, 0.717) is 23.2 Å². The molecule has 5 nitrogen and oxygen atoms in total. The van der Waals surface area contributed by atoms with E-state index in [1.54, 1.807) is 55.1 Å². The zero-order valence-electron chi connectivity index (χ0n) is 20.2. The van der Waals surface area contributed by atoms with E-state index in [-0.39, 0.29) is 18.1 Å². The Kier molecular flexibility index (Phi) is 8.36. The highest BCUT2D eigenvalue weighted by Gasteiger charge is 2.24. The van der Waals surface area contributed by atoms with Gasteiger partial charge in [-0.15, -0.1) is 0 Å². The van der Waals surface area contributed by atoms with Gasteiger partial charge in [0.1, 0.15) is 6.10 Å². The number of carbonyl (C=O) groups is 3. The summed E-state index contributed by atoms with van der Waals surface area (Å²) in [6.45, 7) is 7.89. The Balaban J connectivity index is 1.64. The third-order valence-corrected chi connectivity index (χ3v) is 5.84. The van der Waals surface area contributed by atoms with Crippen LogP contribution in [-0.4, -0.2) is 30.3 Å². The number of ether oxygens (including phenoxy) is 1. The second-order valence-electron chi connectivity index (χ2n) is 8.42. The molecule has 34 heavy (non-hydrogen) atoms. The lowest BCUT2D eigenvalue weighted by Gasteiger charge is -2.25. The van der Waals surface area contributed by atoms with Crippen LogP contribution in [0.25, 0.3) is 0 Å². The van der Waals surface area contributed by atoms with Crippen molar-refractivity contribution < 1.29 is 19.1 Å². The van der Waals surface area contributed by atoms with Gasteiger partial charge in [-0.1, -0.05) is 66.7 Å². The van der Waals surface area contributed by atoms with Crippen molar-refractivity contribution in [2.75, 3.05) is 11.4 Å². The molecule has 0 spiro atoms. The quantitative estimate of drug-likeness (QED) is 0.305. The van der Waals surface area contributed by atoms with Crippen molar-refractivity contribution in [2.24, 2.45) is 0 Å².